The topological polar surface area (TPSA) is 95.2 Å². The van der Waals surface area contributed by atoms with Crippen LogP contribution in [0.1, 0.15) is 16.1 Å². The summed E-state index contributed by atoms with van der Waals surface area (Å²) in [5.41, 5.74) is -1.74. The molecule has 114 valence electrons. The Morgan fingerprint density at radius 1 is 1.27 bits per heavy atom. The molecule has 1 heterocycles. The Balaban J connectivity index is 2.42. The molecule has 0 aliphatic rings. The second-order valence-electron chi connectivity index (χ2n) is 3.93. The number of nitro groups is 1. The fourth-order valence-electron chi connectivity index (χ4n) is 1.48. The van der Waals surface area contributed by atoms with Crippen molar-refractivity contribution in [2.75, 3.05) is 0 Å². The fourth-order valence-corrected chi connectivity index (χ4v) is 1.48. The van der Waals surface area contributed by atoms with Crippen molar-refractivity contribution in [3.63, 3.8) is 0 Å². The van der Waals surface area contributed by atoms with Crippen molar-refractivity contribution in [3.05, 3.63) is 51.8 Å². The summed E-state index contributed by atoms with van der Waals surface area (Å²) in [4.78, 5) is 27.3. The first-order valence-electron chi connectivity index (χ1n) is 5.63. The minimum atomic E-state index is -4.71. The van der Waals surface area contributed by atoms with Gasteiger partial charge in [0.1, 0.15) is 6.29 Å². The molecule has 22 heavy (non-hydrogen) atoms. The van der Waals surface area contributed by atoms with Crippen LogP contribution in [0.15, 0.2) is 30.5 Å². The van der Waals surface area contributed by atoms with E-state index >= 15 is 0 Å². The van der Waals surface area contributed by atoms with Crippen LogP contribution in [0.4, 0.5) is 18.9 Å². The molecule has 2 aromatic rings. The Hall–Kier alpha value is -3.04. The van der Waals surface area contributed by atoms with Crippen molar-refractivity contribution in [1.29, 1.82) is 0 Å². The number of aromatic nitrogens is 2. The maximum Gasteiger partial charge on any atom is 0.433 e. The highest BCUT2D eigenvalue weighted by atomic mass is 19.4. The molecule has 0 radical (unpaired) electrons. The van der Waals surface area contributed by atoms with Gasteiger partial charge in [-0.05, 0) is 18.2 Å². The summed E-state index contributed by atoms with van der Waals surface area (Å²) in [6, 6.07) is 3.08. The van der Waals surface area contributed by atoms with Crippen molar-refractivity contribution in [3.8, 4) is 11.8 Å². The minimum Gasteiger partial charge on any atom is -0.417 e. The number of ether oxygens (including phenoxy) is 1. The van der Waals surface area contributed by atoms with Crippen LogP contribution in [0.2, 0.25) is 0 Å². The van der Waals surface area contributed by atoms with Crippen LogP contribution in [-0.2, 0) is 6.18 Å². The van der Waals surface area contributed by atoms with E-state index in [-0.39, 0.29) is 5.56 Å². The van der Waals surface area contributed by atoms with E-state index in [9.17, 15) is 28.1 Å². The number of nitro benzene ring substituents is 1. The Kier molecular flexibility index (Phi) is 4.02. The minimum absolute atomic E-state index is 0.0487. The molecule has 0 saturated heterocycles. The molecule has 1 aromatic carbocycles. The number of aldehydes is 1. The molecule has 0 N–H and O–H groups in total. The van der Waals surface area contributed by atoms with Crippen LogP contribution in [0.3, 0.4) is 0 Å². The molecule has 1 aromatic heterocycles. The number of carbonyl (C=O) groups is 1. The van der Waals surface area contributed by atoms with E-state index < -0.39 is 34.2 Å². The van der Waals surface area contributed by atoms with E-state index in [0.717, 1.165) is 18.3 Å². The molecule has 2 rings (SSSR count). The van der Waals surface area contributed by atoms with Crippen molar-refractivity contribution in [1.82, 2.24) is 9.97 Å². The zero-order valence-corrected chi connectivity index (χ0v) is 10.6. The smallest absolute Gasteiger partial charge is 0.417 e. The third-order valence-corrected chi connectivity index (χ3v) is 2.44. The van der Waals surface area contributed by atoms with E-state index in [0.29, 0.717) is 12.4 Å². The molecule has 0 spiro atoms. The summed E-state index contributed by atoms with van der Waals surface area (Å²) in [5, 5.41) is 10.9. The van der Waals surface area contributed by atoms with E-state index in [1.807, 2.05) is 0 Å². The summed E-state index contributed by atoms with van der Waals surface area (Å²) >= 11 is 0. The second-order valence-corrected chi connectivity index (χ2v) is 3.93. The summed E-state index contributed by atoms with van der Waals surface area (Å²) in [7, 11) is 0. The first-order chi connectivity index (χ1) is 10.3. The number of benzene rings is 1. The third-order valence-electron chi connectivity index (χ3n) is 2.44. The molecular formula is C12H6F3N3O4. The lowest BCUT2D eigenvalue weighted by atomic mass is 10.2. The van der Waals surface area contributed by atoms with E-state index in [1.165, 1.54) is 6.07 Å². The van der Waals surface area contributed by atoms with Crippen molar-refractivity contribution < 1.29 is 27.6 Å². The lowest BCUT2D eigenvalue weighted by Gasteiger charge is -2.08. The molecule has 7 nitrogen and oxygen atoms in total. The van der Waals surface area contributed by atoms with Gasteiger partial charge in [0.05, 0.1) is 4.92 Å². The molecule has 0 amide bonds. The predicted molar refractivity (Wildman–Crippen MR) is 65.6 cm³/mol. The van der Waals surface area contributed by atoms with E-state index in [2.05, 4.69) is 9.97 Å². The van der Waals surface area contributed by atoms with Gasteiger partial charge < -0.3 is 4.74 Å². The van der Waals surface area contributed by atoms with Gasteiger partial charge in [-0.15, -0.1) is 0 Å². The first kappa shape index (κ1) is 15.4. The maximum atomic E-state index is 12.5. The number of carbonyl (C=O) groups excluding carboxylic acids is 1. The van der Waals surface area contributed by atoms with Crippen molar-refractivity contribution in [2.45, 2.75) is 6.18 Å². The number of rotatable bonds is 4. The van der Waals surface area contributed by atoms with Gasteiger partial charge in [-0.25, -0.2) is 4.98 Å². The highest BCUT2D eigenvalue weighted by Gasteiger charge is 2.33. The van der Waals surface area contributed by atoms with Crippen molar-refractivity contribution >= 4 is 12.0 Å². The van der Waals surface area contributed by atoms with Gasteiger partial charge in [0.25, 0.3) is 0 Å². The van der Waals surface area contributed by atoms with Crippen LogP contribution in [0.5, 0.6) is 11.8 Å². The Morgan fingerprint density at radius 2 is 2.00 bits per heavy atom. The van der Waals surface area contributed by atoms with E-state index in [4.69, 9.17) is 4.74 Å². The van der Waals surface area contributed by atoms with Gasteiger partial charge in [0, 0.05) is 17.8 Å². The quantitative estimate of drug-likeness (QED) is 0.489. The number of alkyl halides is 3. The van der Waals surface area contributed by atoms with Gasteiger partial charge in [0.2, 0.25) is 5.75 Å². The number of halogens is 3. The van der Waals surface area contributed by atoms with Gasteiger partial charge >= 0.3 is 17.9 Å². The Labute approximate surface area is 120 Å². The first-order valence-corrected chi connectivity index (χ1v) is 5.63. The third kappa shape index (κ3) is 3.34. The highest BCUT2D eigenvalue weighted by molar-refractivity contribution is 5.77. The normalized spacial score (nSPS) is 11.0. The lowest BCUT2D eigenvalue weighted by Crippen LogP contribution is -2.09. The number of nitrogens with zero attached hydrogens (tertiary/aromatic N) is 3. The highest BCUT2D eigenvalue weighted by Crippen LogP contribution is 2.32. The molecule has 0 fully saturated rings. The summed E-state index contributed by atoms with van der Waals surface area (Å²) in [6.07, 6.45) is -3.50. The van der Waals surface area contributed by atoms with Crippen LogP contribution < -0.4 is 4.74 Å². The molecule has 10 heteroatoms. The molecular weight excluding hydrogens is 307 g/mol. The van der Waals surface area contributed by atoms with Crippen molar-refractivity contribution in [2.24, 2.45) is 0 Å². The predicted octanol–water partition coefficient (Wildman–Crippen LogP) is 3.01. The average molecular weight is 313 g/mol. The molecule has 0 aliphatic carbocycles. The largest absolute Gasteiger partial charge is 0.433 e. The molecule has 0 bridgehead atoms. The molecule has 0 saturated carbocycles. The zero-order valence-electron chi connectivity index (χ0n) is 10.6. The lowest BCUT2D eigenvalue weighted by molar-refractivity contribution is -0.385. The average Bonchev–Trinajstić information content (AvgIpc) is 2.46. The number of hydrogen-bond acceptors (Lipinski definition) is 6. The Morgan fingerprint density at radius 3 is 2.59 bits per heavy atom. The molecule has 0 aliphatic heterocycles. The summed E-state index contributed by atoms with van der Waals surface area (Å²) in [5.74, 6) is -0.436. The second kappa shape index (κ2) is 5.76. The Bertz CT molecular complexity index is 734. The molecule has 0 atom stereocenters. The monoisotopic (exact) mass is 313 g/mol. The SMILES string of the molecule is O=Cc1ccc([N+](=O)[O-])c(Oc2nccc(C(F)(F)F)n2)c1. The van der Waals surface area contributed by atoms with Gasteiger partial charge in [-0.3, -0.25) is 14.9 Å². The molecule has 0 unspecified atom stereocenters. The van der Waals surface area contributed by atoms with Gasteiger partial charge in [-0.2, -0.15) is 18.2 Å². The zero-order chi connectivity index (χ0) is 16.3. The fraction of sp³-hybridized carbons (Fsp3) is 0.0833. The number of hydrogen-bond donors (Lipinski definition) is 0. The van der Waals surface area contributed by atoms with Crippen LogP contribution >= 0.6 is 0 Å². The van der Waals surface area contributed by atoms with E-state index in [1.54, 1.807) is 0 Å². The summed E-state index contributed by atoms with van der Waals surface area (Å²) < 4.78 is 42.5. The van der Waals surface area contributed by atoms with Gasteiger partial charge in [-0.1, -0.05) is 0 Å². The summed E-state index contributed by atoms with van der Waals surface area (Å²) in [6.45, 7) is 0. The standard InChI is InChI=1S/C12H6F3N3O4/c13-12(14,15)10-3-4-16-11(17-10)22-9-5-7(6-19)1-2-8(9)18(20)21/h1-6H. The van der Waals surface area contributed by atoms with Gasteiger partial charge in [0.15, 0.2) is 5.69 Å². The van der Waals surface area contributed by atoms with Crippen LogP contribution in [-0.4, -0.2) is 21.2 Å². The van der Waals surface area contributed by atoms with Crippen LogP contribution in [0.25, 0.3) is 0 Å². The van der Waals surface area contributed by atoms with Crippen LogP contribution in [0, 0.1) is 10.1 Å². The maximum absolute atomic E-state index is 12.5.